The van der Waals surface area contributed by atoms with E-state index in [4.69, 9.17) is 4.74 Å². The van der Waals surface area contributed by atoms with E-state index in [1.807, 2.05) is 6.20 Å². The Hall–Kier alpha value is -4.19. The summed E-state index contributed by atoms with van der Waals surface area (Å²) in [6, 6.07) is 5.82. The quantitative estimate of drug-likeness (QED) is 0.335. The van der Waals surface area contributed by atoms with Gasteiger partial charge in [0.1, 0.15) is 17.5 Å². The lowest BCUT2D eigenvalue weighted by Gasteiger charge is -2.10. The van der Waals surface area contributed by atoms with E-state index in [0.717, 1.165) is 17.8 Å². The molecule has 0 aliphatic carbocycles. The smallest absolute Gasteiger partial charge is 0.383 e. The fourth-order valence-corrected chi connectivity index (χ4v) is 3.49. The Kier molecular flexibility index (Phi) is 7.87. The Morgan fingerprint density at radius 1 is 1.05 bits per heavy atom. The van der Waals surface area contributed by atoms with Crippen LogP contribution in [-0.2, 0) is 35.1 Å². The molecule has 0 fully saturated rings. The number of halogens is 4. The largest absolute Gasteiger partial charge is 0.416 e. The summed E-state index contributed by atoms with van der Waals surface area (Å²) >= 11 is 0. The second-order valence-corrected chi connectivity index (χ2v) is 8.13. The molecule has 0 aliphatic rings. The summed E-state index contributed by atoms with van der Waals surface area (Å²) < 4.78 is 60.0. The average Bonchev–Trinajstić information content (AvgIpc) is 3.31. The molecule has 0 radical (unpaired) electrons. The molecule has 0 saturated carbocycles. The molecule has 0 bridgehead atoms. The van der Waals surface area contributed by atoms with E-state index in [2.05, 4.69) is 25.4 Å². The molecule has 1 aromatic carbocycles. The molecule has 0 unspecified atom stereocenters. The predicted molar refractivity (Wildman–Crippen MR) is 126 cm³/mol. The Morgan fingerprint density at radius 3 is 2.54 bits per heavy atom. The molecular weight excluding hydrogens is 492 g/mol. The Balaban J connectivity index is 1.38. The highest BCUT2D eigenvalue weighted by Gasteiger charge is 2.30. The minimum absolute atomic E-state index is 0.0799. The summed E-state index contributed by atoms with van der Waals surface area (Å²) in [6.07, 6.45) is 3.27. The van der Waals surface area contributed by atoms with Gasteiger partial charge in [-0.25, -0.2) is 19.3 Å². The summed E-state index contributed by atoms with van der Waals surface area (Å²) in [7, 11) is 1.62. The number of alkyl halides is 3. The van der Waals surface area contributed by atoms with Gasteiger partial charge in [0.05, 0.1) is 31.3 Å². The Bertz CT molecular complexity index is 1370. The van der Waals surface area contributed by atoms with Gasteiger partial charge in [0.25, 0.3) is 0 Å². The molecule has 1 amide bonds. The molecule has 4 rings (SSSR count). The summed E-state index contributed by atoms with van der Waals surface area (Å²) in [5.74, 6) is -1.03. The Labute approximate surface area is 209 Å². The number of hydrogen-bond donors (Lipinski definition) is 1. The van der Waals surface area contributed by atoms with Gasteiger partial charge < -0.3 is 10.1 Å². The molecule has 192 valence electrons. The fraction of sp³-hybridized carbons (Fsp3) is 0.240. The molecule has 37 heavy (non-hydrogen) atoms. The number of rotatable bonds is 9. The molecule has 1 N–H and O–H groups in total. The van der Waals surface area contributed by atoms with Crippen molar-refractivity contribution in [3.8, 4) is 11.1 Å². The number of ether oxygens (including phenoxy) is 1. The van der Waals surface area contributed by atoms with Crippen LogP contribution >= 0.6 is 0 Å². The monoisotopic (exact) mass is 514 g/mol. The lowest BCUT2D eigenvalue weighted by Crippen LogP contribution is -2.17. The summed E-state index contributed by atoms with van der Waals surface area (Å²) in [4.78, 5) is 24.7. The van der Waals surface area contributed by atoms with Gasteiger partial charge in [-0.1, -0.05) is 12.1 Å². The highest BCUT2D eigenvalue weighted by molar-refractivity contribution is 5.91. The standard InChI is InChI=1S/C25H22F4N6O2/c1-37-7-6-35-15-16(12-33-35)8-22-31-13-19(14-32-22)17-2-3-18(21(26)9-17)10-24(36)34-23-11-20(4-5-30-23)25(27,28)29/h2-5,9,11-15H,6-8,10H2,1H3,(H,30,34,36). The van der Waals surface area contributed by atoms with Crippen molar-refractivity contribution in [1.82, 2.24) is 24.7 Å². The number of pyridine rings is 1. The van der Waals surface area contributed by atoms with Crippen molar-refractivity contribution in [2.45, 2.75) is 25.6 Å². The fourth-order valence-electron chi connectivity index (χ4n) is 3.49. The number of carbonyl (C=O) groups is 1. The third kappa shape index (κ3) is 6.94. The maximum Gasteiger partial charge on any atom is 0.416 e. The van der Waals surface area contributed by atoms with Gasteiger partial charge in [-0.3, -0.25) is 9.48 Å². The van der Waals surface area contributed by atoms with Crippen LogP contribution in [0.15, 0.2) is 61.3 Å². The number of amides is 1. The van der Waals surface area contributed by atoms with Crippen LogP contribution in [-0.4, -0.2) is 44.4 Å². The van der Waals surface area contributed by atoms with Crippen LogP contribution in [0.2, 0.25) is 0 Å². The maximum atomic E-state index is 14.7. The first-order valence-corrected chi connectivity index (χ1v) is 11.1. The molecule has 0 spiro atoms. The number of nitrogens with one attached hydrogen (secondary N) is 1. The lowest BCUT2D eigenvalue weighted by atomic mass is 10.0. The van der Waals surface area contributed by atoms with Crippen LogP contribution < -0.4 is 5.32 Å². The normalized spacial score (nSPS) is 11.5. The van der Waals surface area contributed by atoms with Gasteiger partial charge in [-0.15, -0.1) is 0 Å². The van der Waals surface area contributed by atoms with Gasteiger partial charge >= 0.3 is 6.18 Å². The molecule has 3 heterocycles. The molecule has 4 aromatic rings. The predicted octanol–water partition coefficient (Wildman–Crippen LogP) is 4.31. The van der Waals surface area contributed by atoms with Gasteiger partial charge in [0, 0.05) is 43.9 Å². The van der Waals surface area contributed by atoms with E-state index >= 15 is 0 Å². The Morgan fingerprint density at radius 2 is 1.84 bits per heavy atom. The first-order valence-electron chi connectivity index (χ1n) is 11.1. The SMILES string of the molecule is COCCn1cc(Cc2ncc(-c3ccc(CC(=O)Nc4cc(C(F)(F)F)ccn4)c(F)c3)cn2)cn1. The van der Waals surface area contributed by atoms with Crippen LogP contribution in [0.5, 0.6) is 0 Å². The molecular formula is C25H22F4N6O2. The average molecular weight is 514 g/mol. The van der Waals surface area contributed by atoms with Crippen LogP contribution in [0.1, 0.15) is 22.5 Å². The van der Waals surface area contributed by atoms with E-state index in [-0.39, 0.29) is 17.8 Å². The van der Waals surface area contributed by atoms with Crippen molar-refractivity contribution >= 4 is 11.7 Å². The molecule has 0 aliphatic heterocycles. The van der Waals surface area contributed by atoms with E-state index < -0.39 is 23.5 Å². The van der Waals surface area contributed by atoms with Gasteiger partial charge in [0.2, 0.25) is 5.91 Å². The number of carbonyl (C=O) groups excluding carboxylic acids is 1. The maximum absolute atomic E-state index is 14.7. The zero-order chi connectivity index (χ0) is 26.4. The second kappa shape index (κ2) is 11.2. The lowest BCUT2D eigenvalue weighted by molar-refractivity contribution is -0.137. The van der Waals surface area contributed by atoms with Crippen LogP contribution in [0.4, 0.5) is 23.4 Å². The van der Waals surface area contributed by atoms with Crippen molar-refractivity contribution in [3.63, 3.8) is 0 Å². The topological polar surface area (TPSA) is 94.8 Å². The number of methoxy groups -OCH3 is 1. The number of anilines is 1. The third-order valence-corrected chi connectivity index (χ3v) is 5.37. The number of benzene rings is 1. The molecule has 12 heteroatoms. The minimum atomic E-state index is -4.57. The van der Waals surface area contributed by atoms with Crippen molar-refractivity contribution in [3.05, 3.63) is 89.6 Å². The number of nitrogens with zero attached hydrogens (tertiary/aromatic N) is 5. The highest BCUT2D eigenvalue weighted by atomic mass is 19.4. The number of hydrogen-bond acceptors (Lipinski definition) is 6. The van der Waals surface area contributed by atoms with Gasteiger partial charge in [-0.2, -0.15) is 18.3 Å². The molecule has 3 aromatic heterocycles. The van der Waals surface area contributed by atoms with Crippen LogP contribution in [0, 0.1) is 5.82 Å². The highest BCUT2D eigenvalue weighted by Crippen LogP contribution is 2.30. The van der Waals surface area contributed by atoms with Gasteiger partial charge in [0.15, 0.2) is 0 Å². The van der Waals surface area contributed by atoms with Crippen molar-refractivity contribution in [1.29, 1.82) is 0 Å². The minimum Gasteiger partial charge on any atom is -0.383 e. The van der Waals surface area contributed by atoms with Crippen LogP contribution in [0.25, 0.3) is 11.1 Å². The zero-order valence-corrected chi connectivity index (χ0v) is 19.7. The molecule has 8 nitrogen and oxygen atoms in total. The van der Waals surface area contributed by atoms with E-state index in [9.17, 15) is 22.4 Å². The van der Waals surface area contributed by atoms with E-state index in [1.54, 1.807) is 36.4 Å². The summed E-state index contributed by atoms with van der Waals surface area (Å²) in [5, 5.41) is 6.52. The first kappa shape index (κ1) is 25.9. The van der Waals surface area contributed by atoms with E-state index in [0.29, 0.717) is 42.6 Å². The van der Waals surface area contributed by atoms with Crippen molar-refractivity contribution in [2.75, 3.05) is 19.0 Å². The van der Waals surface area contributed by atoms with Crippen molar-refractivity contribution < 1.29 is 27.1 Å². The molecule has 0 saturated heterocycles. The summed E-state index contributed by atoms with van der Waals surface area (Å²) in [5.41, 5.74) is 1.18. The van der Waals surface area contributed by atoms with Crippen molar-refractivity contribution in [2.24, 2.45) is 0 Å². The third-order valence-electron chi connectivity index (χ3n) is 5.37. The summed E-state index contributed by atoms with van der Waals surface area (Å²) in [6.45, 7) is 1.20. The number of aromatic nitrogens is 5. The van der Waals surface area contributed by atoms with Crippen LogP contribution in [0.3, 0.4) is 0 Å². The molecule has 0 atom stereocenters. The second-order valence-electron chi connectivity index (χ2n) is 8.13. The van der Waals surface area contributed by atoms with E-state index in [1.165, 1.54) is 12.1 Å². The first-order chi connectivity index (χ1) is 17.7. The zero-order valence-electron chi connectivity index (χ0n) is 19.7. The van der Waals surface area contributed by atoms with Gasteiger partial charge in [-0.05, 0) is 34.9 Å².